The number of allylic oxidation sites excluding steroid dienone is 2. The van der Waals surface area contributed by atoms with E-state index in [1.165, 1.54) is 6.08 Å². The molecule has 0 aliphatic rings. The highest BCUT2D eigenvalue weighted by Crippen LogP contribution is 2.06. The normalized spacial score (nSPS) is 10.3. The summed E-state index contributed by atoms with van der Waals surface area (Å²) < 4.78 is 0. The summed E-state index contributed by atoms with van der Waals surface area (Å²) in [5.41, 5.74) is 1.78. The second kappa shape index (κ2) is 8.32. The van der Waals surface area contributed by atoms with Gasteiger partial charge in [0.2, 0.25) is 5.91 Å². The molecule has 5 nitrogen and oxygen atoms in total. The Morgan fingerprint density at radius 1 is 1.18 bits per heavy atom. The fourth-order valence-corrected chi connectivity index (χ4v) is 1.90. The first-order chi connectivity index (χ1) is 10.8. The average molecular weight is 292 g/mol. The second-order valence-electron chi connectivity index (χ2n) is 4.69. The van der Waals surface area contributed by atoms with Crippen LogP contribution in [0.2, 0.25) is 0 Å². The average Bonchev–Trinajstić information content (AvgIpc) is 2.54. The number of nitriles is 1. The van der Waals surface area contributed by atoms with Gasteiger partial charge in [-0.25, -0.2) is 0 Å². The molecule has 1 heterocycles. The summed E-state index contributed by atoms with van der Waals surface area (Å²) in [7, 11) is 0. The fourth-order valence-electron chi connectivity index (χ4n) is 1.90. The van der Waals surface area contributed by atoms with Crippen LogP contribution in [0.4, 0.5) is 5.82 Å². The quantitative estimate of drug-likeness (QED) is 0.830. The van der Waals surface area contributed by atoms with Crippen LogP contribution in [0.3, 0.4) is 0 Å². The molecular formula is C17H16N4O. The number of hydrogen-bond donors (Lipinski definition) is 1. The second-order valence-corrected chi connectivity index (χ2v) is 4.69. The monoisotopic (exact) mass is 292 g/mol. The highest BCUT2D eigenvalue weighted by atomic mass is 16.1. The molecule has 5 heteroatoms. The third-order valence-corrected chi connectivity index (χ3v) is 2.95. The first-order valence-electron chi connectivity index (χ1n) is 6.99. The minimum absolute atomic E-state index is 0.120. The number of amides is 1. The van der Waals surface area contributed by atoms with Crippen molar-refractivity contribution < 1.29 is 4.79 Å². The molecule has 0 aliphatic heterocycles. The summed E-state index contributed by atoms with van der Waals surface area (Å²) >= 11 is 0. The SMILES string of the molecule is N#C/C=C/CCc1ccc(NC(=O)Cc2ccccc2)nn1. The van der Waals surface area contributed by atoms with Gasteiger partial charge in [-0.1, -0.05) is 36.4 Å². The topological polar surface area (TPSA) is 78.7 Å². The predicted molar refractivity (Wildman–Crippen MR) is 83.9 cm³/mol. The molecular weight excluding hydrogens is 276 g/mol. The number of hydrogen-bond acceptors (Lipinski definition) is 4. The van der Waals surface area contributed by atoms with Gasteiger partial charge in [0.1, 0.15) is 0 Å². The molecule has 110 valence electrons. The van der Waals surface area contributed by atoms with E-state index in [-0.39, 0.29) is 5.91 Å². The molecule has 1 aromatic heterocycles. The Kier molecular flexibility index (Phi) is 5.82. The largest absolute Gasteiger partial charge is 0.309 e. The molecule has 0 saturated carbocycles. The summed E-state index contributed by atoms with van der Waals surface area (Å²) in [5.74, 6) is 0.322. The lowest BCUT2D eigenvalue weighted by Gasteiger charge is -2.04. The molecule has 22 heavy (non-hydrogen) atoms. The van der Waals surface area contributed by atoms with Crippen molar-refractivity contribution in [3.63, 3.8) is 0 Å². The molecule has 1 amide bonds. The van der Waals surface area contributed by atoms with Gasteiger partial charge in [-0.3, -0.25) is 4.79 Å². The first-order valence-corrected chi connectivity index (χ1v) is 6.99. The highest BCUT2D eigenvalue weighted by molar-refractivity contribution is 5.91. The number of rotatable bonds is 6. The Balaban J connectivity index is 1.84. The number of carbonyl (C=O) groups is 1. The van der Waals surface area contributed by atoms with Gasteiger partial charge in [0.25, 0.3) is 0 Å². The van der Waals surface area contributed by atoms with Crippen LogP contribution in [0, 0.1) is 11.3 Å². The maximum Gasteiger partial charge on any atom is 0.229 e. The molecule has 0 fully saturated rings. The van der Waals surface area contributed by atoms with Gasteiger partial charge in [0, 0.05) is 6.08 Å². The van der Waals surface area contributed by atoms with Crippen LogP contribution in [-0.4, -0.2) is 16.1 Å². The third kappa shape index (κ3) is 5.17. The van der Waals surface area contributed by atoms with Crippen LogP contribution in [0.1, 0.15) is 17.7 Å². The molecule has 0 saturated heterocycles. The minimum Gasteiger partial charge on any atom is -0.309 e. The zero-order valence-electron chi connectivity index (χ0n) is 12.1. The van der Waals surface area contributed by atoms with Crippen molar-refractivity contribution in [2.75, 3.05) is 5.32 Å². The van der Waals surface area contributed by atoms with Crippen LogP contribution < -0.4 is 5.32 Å². The van der Waals surface area contributed by atoms with E-state index >= 15 is 0 Å². The molecule has 1 N–H and O–H groups in total. The minimum atomic E-state index is -0.120. The number of nitrogens with zero attached hydrogens (tertiary/aromatic N) is 3. The van der Waals surface area contributed by atoms with Gasteiger partial charge in [0.15, 0.2) is 5.82 Å². The van der Waals surface area contributed by atoms with Crippen LogP contribution in [0.5, 0.6) is 0 Å². The van der Waals surface area contributed by atoms with Crippen molar-refractivity contribution >= 4 is 11.7 Å². The number of benzene rings is 1. The van der Waals surface area contributed by atoms with Crippen LogP contribution in [-0.2, 0) is 17.6 Å². The maximum absolute atomic E-state index is 11.9. The van der Waals surface area contributed by atoms with Crippen molar-refractivity contribution in [3.05, 3.63) is 65.9 Å². The summed E-state index contributed by atoms with van der Waals surface area (Å²) in [6.45, 7) is 0. The molecule has 0 unspecified atom stereocenters. The Bertz CT molecular complexity index is 672. The Morgan fingerprint density at radius 3 is 2.68 bits per heavy atom. The molecule has 2 aromatic rings. The van der Waals surface area contributed by atoms with E-state index < -0.39 is 0 Å². The zero-order chi connectivity index (χ0) is 15.6. The molecule has 0 aliphatic carbocycles. The van der Waals surface area contributed by atoms with Crippen LogP contribution in [0.25, 0.3) is 0 Å². The lowest BCUT2D eigenvalue weighted by Crippen LogP contribution is -2.15. The Morgan fingerprint density at radius 2 is 2.00 bits per heavy atom. The summed E-state index contributed by atoms with van der Waals surface area (Å²) in [5, 5.41) is 19.2. The maximum atomic E-state index is 11.9. The van der Waals surface area contributed by atoms with E-state index in [0.717, 1.165) is 17.7 Å². The summed E-state index contributed by atoms with van der Waals surface area (Å²) in [6, 6.07) is 15.0. The number of aryl methyl sites for hydroxylation is 1. The fraction of sp³-hybridized carbons (Fsp3) is 0.176. The Labute approximate surface area is 129 Å². The van der Waals surface area contributed by atoms with E-state index in [0.29, 0.717) is 18.7 Å². The van der Waals surface area contributed by atoms with Crippen molar-refractivity contribution in [1.82, 2.24) is 10.2 Å². The summed E-state index contributed by atoms with van der Waals surface area (Å²) in [4.78, 5) is 11.9. The van der Waals surface area contributed by atoms with E-state index in [9.17, 15) is 4.79 Å². The molecule has 0 radical (unpaired) electrons. The molecule has 0 spiro atoms. The van der Waals surface area contributed by atoms with Crippen molar-refractivity contribution in [1.29, 1.82) is 5.26 Å². The van der Waals surface area contributed by atoms with Crippen LogP contribution >= 0.6 is 0 Å². The number of anilines is 1. The van der Waals surface area contributed by atoms with Gasteiger partial charge >= 0.3 is 0 Å². The lowest BCUT2D eigenvalue weighted by molar-refractivity contribution is -0.115. The first kappa shape index (κ1) is 15.4. The molecule has 0 bridgehead atoms. The van der Waals surface area contributed by atoms with Crippen molar-refractivity contribution in [2.24, 2.45) is 0 Å². The van der Waals surface area contributed by atoms with E-state index in [1.54, 1.807) is 12.1 Å². The lowest BCUT2D eigenvalue weighted by atomic mass is 10.1. The highest BCUT2D eigenvalue weighted by Gasteiger charge is 2.05. The van der Waals surface area contributed by atoms with Gasteiger partial charge in [-0.2, -0.15) is 10.4 Å². The predicted octanol–water partition coefficient (Wildman–Crippen LogP) is 2.67. The molecule has 2 rings (SSSR count). The Hall–Kier alpha value is -3.00. The van der Waals surface area contributed by atoms with Gasteiger partial charge in [0.05, 0.1) is 18.2 Å². The van der Waals surface area contributed by atoms with E-state index in [2.05, 4.69) is 15.5 Å². The van der Waals surface area contributed by atoms with Gasteiger partial charge in [-0.15, -0.1) is 5.10 Å². The zero-order valence-corrected chi connectivity index (χ0v) is 12.1. The van der Waals surface area contributed by atoms with Gasteiger partial charge in [-0.05, 0) is 30.5 Å². The van der Waals surface area contributed by atoms with Crippen molar-refractivity contribution in [3.8, 4) is 6.07 Å². The number of aromatic nitrogens is 2. The number of nitrogens with one attached hydrogen (secondary N) is 1. The third-order valence-electron chi connectivity index (χ3n) is 2.95. The van der Waals surface area contributed by atoms with Crippen molar-refractivity contribution in [2.45, 2.75) is 19.3 Å². The van der Waals surface area contributed by atoms with Crippen LogP contribution in [0.15, 0.2) is 54.6 Å². The van der Waals surface area contributed by atoms with E-state index in [4.69, 9.17) is 5.26 Å². The number of carbonyl (C=O) groups excluding carboxylic acids is 1. The molecule has 0 atom stereocenters. The summed E-state index contributed by atoms with van der Waals surface area (Å²) in [6.07, 6.45) is 5.00. The smallest absolute Gasteiger partial charge is 0.229 e. The molecule has 1 aromatic carbocycles. The van der Waals surface area contributed by atoms with E-state index in [1.807, 2.05) is 42.5 Å². The van der Waals surface area contributed by atoms with Gasteiger partial charge < -0.3 is 5.32 Å². The standard InChI is InChI=1S/C17H16N4O/c18-12-6-2-5-9-15-10-11-16(21-20-15)19-17(22)13-14-7-3-1-4-8-14/h1-4,6-8,10-11H,5,9,13H2,(H,19,21,22)/b6-2+.